The number of carbonyl (C=O) groups is 2. The van der Waals surface area contributed by atoms with Crippen molar-refractivity contribution >= 4 is 27.7 Å². The first kappa shape index (κ1) is 15.9. The zero-order valence-corrected chi connectivity index (χ0v) is 13.2. The van der Waals surface area contributed by atoms with Gasteiger partial charge in [0, 0.05) is 33.3 Å². The molecule has 7 heteroatoms. The van der Waals surface area contributed by atoms with Gasteiger partial charge in [-0.25, -0.2) is 4.39 Å². The lowest BCUT2D eigenvalue weighted by Crippen LogP contribution is -2.51. The number of benzene rings is 1. The van der Waals surface area contributed by atoms with E-state index in [1.54, 1.807) is 21.9 Å². The van der Waals surface area contributed by atoms with Crippen LogP contribution in [0.3, 0.4) is 0 Å². The van der Waals surface area contributed by atoms with E-state index in [1.807, 2.05) is 0 Å². The van der Waals surface area contributed by atoms with Gasteiger partial charge in [0.25, 0.3) is 5.91 Å². The molecule has 0 atom stereocenters. The molecule has 0 saturated carbocycles. The molecule has 1 fully saturated rings. The number of hydrogen-bond donors (Lipinski definition) is 0. The van der Waals surface area contributed by atoms with Crippen LogP contribution in [-0.2, 0) is 9.53 Å². The first-order chi connectivity index (χ1) is 10.0. The van der Waals surface area contributed by atoms with Crippen molar-refractivity contribution in [1.29, 1.82) is 0 Å². The van der Waals surface area contributed by atoms with Crippen molar-refractivity contribution in [2.24, 2.45) is 0 Å². The molecule has 1 aromatic rings. The summed E-state index contributed by atoms with van der Waals surface area (Å²) in [6, 6.07) is 4.64. The Morgan fingerprint density at radius 3 is 2.48 bits per heavy atom. The highest BCUT2D eigenvalue weighted by atomic mass is 79.9. The first-order valence-electron chi connectivity index (χ1n) is 6.54. The Bertz CT molecular complexity index is 545. The summed E-state index contributed by atoms with van der Waals surface area (Å²) in [7, 11) is 1.47. The molecule has 1 saturated heterocycles. The summed E-state index contributed by atoms with van der Waals surface area (Å²) in [6.45, 7) is 1.68. The van der Waals surface area contributed by atoms with E-state index in [0.717, 1.165) is 0 Å². The number of hydrogen-bond acceptors (Lipinski definition) is 3. The molecule has 1 aromatic carbocycles. The van der Waals surface area contributed by atoms with E-state index in [1.165, 1.54) is 13.2 Å². The second-order valence-electron chi connectivity index (χ2n) is 4.71. The fourth-order valence-corrected chi connectivity index (χ4v) is 2.58. The number of amides is 2. The zero-order valence-electron chi connectivity index (χ0n) is 11.6. The monoisotopic (exact) mass is 358 g/mol. The van der Waals surface area contributed by atoms with E-state index in [-0.39, 0.29) is 28.5 Å². The summed E-state index contributed by atoms with van der Waals surface area (Å²) in [5.74, 6) is -1.01. The summed E-state index contributed by atoms with van der Waals surface area (Å²) in [5.41, 5.74) is 0.0426. The van der Waals surface area contributed by atoms with E-state index in [4.69, 9.17) is 4.74 Å². The molecule has 0 spiro atoms. The quantitative estimate of drug-likeness (QED) is 0.822. The molecular weight excluding hydrogens is 343 g/mol. The normalized spacial score (nSPS) is 15.2. The van der Waals surface area contributed by atoms with E-state index >= 15 is 0 Å². The van der Waals surface area contributed by atoms with Crippen LogP contribution in [0.1, 0.15) is 10.4 Å². The van der Waals surface area contributed by atoms with Crippen LogP contribution in [0, 0.1) is 5.82 Å². The molecule has 114 valence electrons. The molecule has 1 aliphatic rings. The van der Waals surface area contributed by atoms with Gasteiger partial charge in [-0.1, -0.05) is 6.07 Å². The second kappa shape index (κ2) is 7.00. The largest absolute Gasteiger partial charge is 0.375 e. The molecule has 0 bridgehead atoms. The molecule has 0 radical (unpaired) electrons. The Kier molecular flexibility index (Phi) is 5.30. The number of ether oxygens (including phenoxy) is 1. The molecule has 2 rings (SSSR count). The third kappa shape index (κ3) is 3.59. The Labute approximate surface area is 130 Å². The average Bonchev–Trinajstić information content (AvgIpc) is 2.50. The maximum Gasteiger partial charge on any atom is 0.256 e. The van der Waals surface area contributed by atoms with Crippen molar-refractivity contribution < 1.29 is 18.7 Å². The predicted molar refractivity (Wildman–Crippen MR) is 78.5 cm³/mol. The Hall–Kier alpha value is -1.47. The number of rotatable bonds is 3. The molecule has 0 unspecified atom stereocenters. The number of piperazine rings is 1. The average molecular weight is 359 g/mol. The maximum absolute atomic E-state index is 13.9. The maximum atomic E-state index is 13.9. The van der Waals surface area contributed by atoms with Crippen LogP contribution in [0.4, 0.5) is 4.39 Å². The van der Waals surface area contributed by atoms with E-state index in [2.05, 4.69) is 15.9 Å². The molecule has 0 N–H and O–H groups in total. The Balaban J connectivity index is 2.00. The van der Waals surface area contributed by atoms with Crippen LogP contribution in [0.5, 0.6) is 0 Å². The van der Waals surface area contributed by atoms with Crippen molar-refractivity contribution in [3.8, 4) is 0 Å². The second-order valence-corrected chi connectivity index (χ2v) is 5.56. The minimum Gasteiger partial charge on any atom is -0.375 e. The summed E-state index contributed by atoms with van der Waals surface area (Å²) >= 11 is 3.07. The molecule has 5 nitrogen and oxygen atoms in total. The van der Waals surface area contributed by atoms with Crippen LogP contribution in [0.15, 0.2) is 22.7 Å². The van der Waals surface area contributed by atoms with Gasteiger partial charge in [-0.15, -0.1) is 0 Å². The molecule has 0 aliphatic carbocycles. The summed E-state index contributed by atoms with van der Waals surface area (Å²) in [4.78, 5) is 27.2. The highest BCUT2D eigenvalue weighted by molar-refractivity contribution is 9.10. The lowest BCUT2D eigenvalue weighted by Gasteiger charge is -2.34. The summed E-state index contributed by atoms with van der Waals surface area (Å²) < 4.78 is 19.0. The highest BCUT2D eigenvalue weighted by Crippen LogP contribution is 2.20. The van der Waals surface area contributed by atoms with Crippen LogP contribution in [0.2, 0.25) is 0 Å². The van der Waals surface area contributed by atoms with Crippen molar-refractivity contribution in [2.75, 3.05) is 39.9 Å². The van der Waals surface area contributed by atoms with E-state index in [0.29, 0.717) is 26.2 Å². The molecule has 1 heterocycles. The van der Waals surface area contributed by atoms with E-state index in [9.17, 15) is 14.0 Å². The van der Waals surface area contributed by atoms with Gasteiger partial charge < -0.3 is 14.5 Å². The molecule has 0 aromatic heterocycles. The third-order valence-corrected chi connectivity index (χ3v) is 3.98. The fourth-order valence-electron chi connectivity index (χ4n) is 2.21. The number of carbonyl (C=O) groups excluding carboxylic acids is 2. The third-order valence-electron chi connectivity index (χ3n) is 3.37. The van der Waals surface area contributed by atoms with Gasteiger partial charge in [-0.2, -0.15) is 0 Å². The summed E-state index contributed by atoms with van der Waals surface area (Å²) in [5, 5.41) is 0. The van der Waals surface area contributed by atoms with Crippen LogP contribution < -0.4 is 0 Å². The van der Waals surface area contributed by atoms with Gasteiger partial charge in [-0.3, -0.25) is 9.59 Å². The standard InChI is InChI=1S/C14H16BrFN2O3/c1-21-9-12(19)17-5-7-18(8-6-17)14(20)10-3-2-4-11(15)13(10)16/h2-4H,5-9H2,1H3. The minimum absolute atomic E-state index is 0.0359. The topological polar surface area (TPSA) is 49.9 Å². The minimum atomic E-state index is -0.555. The summed E-state index contributed by atoms with van der Waals surface area (Å²) in [6.07, 6.45) is 0. The predicted octanol–water partition coefficient (Wildman–Crippen LogP) is 1.52. The molecular formula is C14H16BrFN2O3. The van der Waals surface area contributed by atoms with Gasteiger partial charge >= 0.3 is 0 Å². The lowest BCUT2D eigenvalue weighted by atomic mass is 10.1. The van der Waals surface area contributed by atoms with Crippen LogP contribution >= 0.6 is 15.9 Å². The highest BCUT2D eigenvalue weighted by Gasteiger charge is 2.26. The van der Waals surface area contributed by atoms with Gasteiger partial charge in [0.1, 0.15) is 12.4 Å². The van der Waals surface area contributed by atoms with Crippen molar-refractivity contribution in [3.05, 3.63) is 34.1 Å². The first-order valence-corrected chi connectivity index (χ1v) is 7.34. The fraction of sp³-hybridized carbons (Fsp3) is 0.429. The van der Waals surface area contributed by atoms with Crippen molar-refractivity contribution in [2.45, 2.75) is 0 Å². The Morgan fingerprint density at radius 2 is 1.86 bits per heavy atom. The van der Waals surface area contributed by atoms with Crippen LogP contribution in [0.25, 0.3) is 0 Å². The number of nitrogens with zero attached hydrogens (tertiary/aromatic N) is 2. The van der Waals surface area contributed by atoms with Gasteiger partial charge in [0.15, 0.2) is 0 Å². The lowest BCUT2D eigenvalue weighted by molar-refractivity contribution is -0.136. The number of methoxy groups -OCH3 is 1. The molecule has 21 heavy (non-hydrogen) atoms. The van der Waals surface area contributed by atoms with Gasteiger partial charge in [-0.05, 0) is 28.1 Å². The molecule has 1 aliphatic heterocycles. The zero-order chi connectivity index (χ0) is 15.4. The number of halogens is 2. The smallest absolute Gasteiger partial charge is 0.256 e. The van der Waals surface area contributed by atoms with Gasteiger partial charge in [0.05, 0.1) is 10.0 Å². The Morgan fingerprint density at radius 1 is 1.24 bits per heavy atom. The SMILES string of the molecule is COCC(=O)N1CCN(C(=O)c2cccc(Br)c2F)CC1. The molecule has 2 amide bonds. The van der Waals surface area contributed by atoms with E-state index < -0.39 is 5.82 Å². The van der Waals surface area contributed by atoms with Crippen molar-refractivity contribution in [1.82, 2.24) is 9.80 Å². The van der Waals surface area contributed by atoms with Crippen molar-refractivity contribution in [3.63, 3.8) is 0 Å². The van der Waals surface area contributed by atoms with Gasteiger partial charge in [0.2, 0.25) is 5.91 Å². The van der Waals surface area contributed by atoms with Crippen LogP contribution in [-0.4, -0.2) is 61.5 Å².